The van der Waals surface area contributed by atoms with Gasteiger partial charge < -0.3 is 4.90 Å². The molecule has 1 aromatic heterocycles. The number of aromatic nitrogens is 1. The second-order valence-electron chi connectivity index (χ2n) is 9.54. The van der Waals surface area contributed by atoms with Crippen molar-refractivity contribution in [3.63, 3.8) is 0 Å². The second-order valence-corrected chi connectivity index (χ2v) is 9.98. The zero-order chi connectivity index (χ0) is 28.2. The van der Waals surface area contributed by atoms with E-state index in [0.717, 1.165) is 30.5 Å². The minimum atomic E-state index is -5.04. The summed E-state index contributed by atoms with van der Waals surface area (Å²) in [6, 6.07) is 11.4. The minimum absolute atomic E-state index is 0. The number of benzene rings is 2. The highest BCUT2D eigenvalue weighted by Crippen LogP contribution is 2.37. The molecule has 0 aliphatic carbocycles. The van der Waals surface area contributed by atoms with E-state index < -0.39 is 41.0 Å². The van der Waals surface area contributed by atoms with Crippen molar-refractivity contribution in [2.75, 3.05) is 26.2 Å². The molecule has 0 N–H and O–H groups in total. The number of halogens is 9. The number of carbonyl (C=O) groups excluding carboxylic acids is 1. The molecule has 0 radical (unpaired) electrons. The zero-order valence-corrected chi connectivity index (χ0v) is 24.0. The van der Waals surface area contributed by atoms with Gasteiger partial charge in [-0.25, -0.2) is 0 Å². The van der Waals surface area contributed by atoms with Crippen molar-refractivity contribution < 1.29 is 31.1 Å². The largest absolute Gasteiger partial charge is 0.416 e. The smallest absolute Gasteiger partial charge is 0.333 e. The van der Waals surface area contributed by atoms with E-state index in [9.17, 15) is 31.1 Å². The number of hydrogen-bond acceptors (Lipinski definition) is 3. The highest BCUT2D eigenvalue weighted by atomic mass is 35.5. The number of rotatable bonds is 7. The summed E-state index contributed by atoms with van der Waals surface area (Å²) in [5.74, 6) is -0.861. The van der Waals surface area contributed by atoms with Gasteiger partial charge in [0.15, 0.2) is 0 Å². The van der Waals surface area contributed by atoms with Crippen LogP contribution in [-0.4, -0.2) is 52.9 Å². The molecule has 2 aromatic carbocycles. The number of aryl methyl sites for hydroxylation is 1. The third-order valence-electron chi connectivity index (χ3n) is 6.71. The van der Waals surface area contributed by atoms with Crippen LogP contribution in [0.15, 0.2) is 67.0 Å². The Hall–Kier alpha value is -2.53. The first kappa shape index (κ1) is 34.7. The van der Waals surface area contributed by atoms with E-state index in [-0.39, 0.29) is 37.4 Å². The second kappa shape index (κ2) is 14.6. The summed E-state index contributed by atoms with van der Waals surface area (Å²) in [6.07, 6.45) is -4.58. The van der Waals surface area contributed by atoms with Gasteiger partial charge in [0.1, 0.15) is 0 Å². The number of nitrogens with zero attached hydrogens (tertiary/aromatic N) is 3. The summed E-state index contributed by atoms with van der Waals surface area (Å²) < 4.78 is 80.5. The molecular weight excluding hydrogens is 615 g/mol. The fourth-order valence-corrected chi connectivity index (χ4v) is 4.88. The molecule has 13 heteroatoms. The summed E-state index contributed by atoms with van der Waals surface area (Å²) in [5.41, 5.74) is -1.72. The van der Waals surface area contributed by atoms with Crippen LogP contribution in [0.4, 0.5) is 26.3 Å². The number of amides is 1. The van der Waals surface area contributed by atoms with Crippen LogP contribution in [0.2, 0.25) is 5.02 Å². The van der Waals surface area contributed by atoms with Crippen molar-refractivity contribution in [2.45, 2.75) is 37.7 Å². The highest BCUT2D eigenvalue weighted by molar-refractivity contribution is 6.30. The number of alkyl halides is 6. The highest BCUT2D eigenvalue weighted by Gasteiger charge is 2.39. The maximum Gasteiger partial charge on any atom is 0.416 e. The molecule has 0 saturated carbocycles. The monoisotopic (exact) mass is 641 g/mol. The van der Waals surface area contributed by atoms with E-state index >= 15 is 0 Å². The standard InChI is InChI=1S/C28H26ClF6N3O.2ClH/c29-24-7-5-19(6-8-24)13-25-18-37(10-2-4-20-3-1-9-36-17-20)11-12-38(25)26(39)21-14-22(27(30,31)32)16-23(15-21)28(33,34)35;;/h1,3,5-9,14-17,25H,2,4,10-13,18H2;2*1H/t25-;;/m1../s1. The lowest BCUT2D eigenvalue weighted by Gasteiger charge is -2.42. The summed E-state index contributed by atoms with van der Waals surface area (Å²) >= 11 is 5.99. The Bertz CT molecular complexity index is 1240. The summed E-state index contributed by atoms with van der Waals surface area (Å²) in [7, 11) is 0. The fourth-order valence-electron chi connectivity index (χ4n) is 4.75. The van der Waals surface area contributed by atoms with Crippen LogP contribution >= 0.6 is 36.4 Å². The molecule has 1 amide bonds. The van der Waals surface area contributed by atoms with Crippen molar-refractivity contribution in [1.29, 1.82) is 0 Å². The van der Waals surface area contributed by atoms with Crippen molar-refractivity contribution in [3.05, 3.63) is 99.8 Å². The molecule has 1 fully saturated rings. The number of pyridine rings is 1. The summed E-state index contributed by atoms with van der Waals surface area (Å²) in [4.78, 5) is 21.1. The predicted octanol–water partition coefficient (Wildman–Crippen LogP) is 7.62. The van der Waals surface area contributed by atoms with E-state index in [0.29, 0.717) is 36.7 Å². The molecule has 0 unspecified atom stereocenters. The first-order chi connectivity index (χ1) is 18.4. The number of carbonyl (C=O) groups is 1. The van der Waals surface area contributed by atoms with Crippen LogP contribution in [0.25, 0.3) is 0 Å². The summed E-state index contributed by atoms with van der Waals surface area (Å²) in [6.45, 7) is 1.75. The lowest BCUT2D eigenvalue weighted by Crippen LogP contribution is -2.56. The van der Waals surface area contributed by atoms with Crippen molar-refractivity contribution in [3.8, 4) is 0 Å². The Labute approximate surface area is 251 Å². The Morgan fingerprint density at radius 2 is 1.54 bits per heavy atom. The SMILES string of the molecule is Cl.Cl.O=C(c1cc(C(F)(F)F)cc(C(F)(F)F)c1)N1CCN(CCCc2cccnc2)C[C@H]1Cc1ccc(Cl)cc1. The quantitative estimate of drug-likeness (QED) is 0.249. The molecular formula is C28H28Cl3F6N3O. The Morgan fingerprint density at radius 1 is 0.902 bits per heavy atom. The van der Waals surface area contributed by atoms with Gasteiger partial charge in [0, 0.05) is 48.7 Å². The van der Waals surface area contributed by atoms with Crippen molar-refractivity contribution in [2.24, 2.45) is 0 Å². The average Bonchev–Trinajstić information content (AvgIpc) is 2.89. The summed E-state index contributed by atoms with van der Waals surface area (Å²) in [5, 5.41) is 0.524. The van der Waals surface area contributed by atoms with Crippen molar-refractivity contribution in [1.82, 2.24) is 14.8 Å². The van der Waals surface area contributed by atoms with E-state index in [2.05, 4.69) is 9.88 Å². The molecule has 4 rings (SSSR count). The van der Waals surface area contributed by atoms with Crippen LogP contribution in [-0.2, 0) is 25.2 Å². The molecule has 0 bridgehead atoms. The minimum Gasteiger partial charge on any atom is -0.333 e. The molecule has 4 nitrogen and oxygen atoms in total. The Morgan fingerprint density at radius 3 is 2.10 bits per heavy atom. The predicted molar refractivity (Wildman–Crippen MR) is 150 cm³/mol. The molecule has 3 aromatic rings. The molecule has 224 valence electrons. The lowest BCUT2D eigenvalue weighted by atomic mass is 9.99. The van der Waals surface area contributed by atoms with Gasteiger partial charge in [-0.05, 0) is 73.3 Å². The lowest BCUT2D eigenvalue weighted by molar-refractivity contribution is -0.143. The van der Waals surface area contributed by atoms with E-state index in [4.69, 9.17) is 11.6 Å². The van der Waals surface area contributed by atoms with Gasteiger partial charge in [0.25, 0.3) is 5.91 Å². The first-order valence-electron chi connectivity index (χ1n) is 12.4. The normalized spacial score (nSPS) is 16.1. The Kier molecular flexibility index (Phi) is 12.3. The van der Waals surface area contributed by atoms with Crippen molar-refractivity contribution >= 4 is 42.3 Å². The van der Waals surface area contributed by atoms with Gasteiger partial charge in [0.2, 0.25) is 0 Å². The van der Waals surface area contributed by atoms with Gasteiger partial charge in [0.05, 0.1) is 11.1 Å². The van der Waals surface area contributed by atoms with Gasteiger partial charge in [-0.15, -0.1) is 24.8 Å². The topological polar surface area (TPSA) is 36.4 Å². The zero-order valence-electron chi connectivity index (χ0n) is 21.6. The number of piperazine rings is 1. The van der Waals surface area contributed by atoms with E-state index in [1.165, 1.54) is 4.90 Å². The number of hydrogen-bond donors (Lipinski definition) is 0. The van der Waals surface area contributed by atoms with Crippen LogP contribution in [0, 0.1) is 0 Å². The molecule has 1 aliphatic rings. The van der Waals surface area contributed by atoms with Gasteiger partial charge >= 0.3 is 12.4 Å². The maximum absolute atomic E-state index is 13.5. The van der Waals surface area contributed by atoms with Crippen LogP contribution in [0.5, 0.6) is 0 Å². The van der Waals surface area contributed by atoms with Crippen LogP contribution in [0.3, 0.4) is 0 Å². The molecule has 1 atom stereocenters. The van der Waals surface area contributed by atoms with E-state index in [1.807, 2.05) is 12.1 Å². The third-order valence-corrected chi connectivity index (χ3v) is 6.96. The molecule has 41 heavy (non-hydrogen) atoms. The fraction of sp³-hybridized carbons (Fsp3) is 0.357. The molecule has 0 spiro atoms. The maximum atomic E-state index is 13.5. The van der Waals surface area contributed by atoms with Gasteiger partial charge in [-0.3, -0.25) is 14.7 Å². The van der Waals surface area contributed by atoms with Gasteiger partial charge in [-0.1, -0.05) is 29.8 Å². The van der Waals surface area contributed by atoms with Crippen LogP contribution in [0.1, 0.15) is 39.0 Å². The Balaban J connectivity index is 0.00000294. The first-order valence-corrected chi connectivity index (χ1v) is 12.7. The third kappa shape index (κ3) is 9.49. The molecule has 1 aliphatic heterocycles. The van der Waals surface area contributed by atoms with Crippen LogP contribution < -0.4 is 0 Å². The molecule has 1 saturated heterocycles. The average molecular weight is 643 g/mol. The van der Waals surface area contributed by atoms with E-state index in [1.54, 1.807) is 36.7 Å². The molecule has 2 heterocycles. The van der Waals surface area contributed by atoms with Gasteiger partial charge in [-0.2, -0.15) is 26.3 Å².